The molecule has 4 rings (SSSR count). The van der Waals surface area contributed by atoms with E-state index in [4.69, 9.17) is 0 Å². The summed E-state index contributed by atoms with van der Waals surface area (Å²) in [5.41, 5.74) is 4.01. The quantitative estimate of drug-likeness (QED) is 0.825. The van der Waals surface area contributed by atoms with Gasteiger partial charge in [0.15, 0.2) is 0 Å². The van der Waals surface area contributed by atoms with Gasteiger partial charge in [-0.15, -0.1) is 0 Å². The highest BCUT2D eigenvalue weighted by atomic mass is 16.2. The number of carbonyl (C=O) groups is 1. The summed E-state index contributed by atoms with van der Waals surface area (Å²) in [5.74, 6) is 0. The fourth-order valence-electron chi connectivity index (χ4n) is 3.67. The molecule has 1 aromatic carbocycles. The fourth-order valence-corrected chi connectivity index (χ4v) is 3.67. The lowest BCUT2D eigenvalue weighted by Gasteiger charge is -2.38. The molecule has 5 nitrogen and oxygen atoms in total. The highest BCUT2D eigenvalue weighted by molar-refractivity contribution is 5.77. The first-order chi connectivity index (χ1) is 10.2. The fraction of sp³-hybridized carbons (Fsp3) is 0.562. The number of amides is 2. The van der Waals surface area contributed by atoms with Crippen molar-refractivity contribution in [2.24, 2.45) is 0 Å². The first-order valence-corrected chi connectivity index (χ1v) is 7.89. The van der Waals surface area contributed by atoms with Gasteiger partial charge in [0.2, 0.25) is 0 Å². The molecule has 2 amide bonds. The number of carbonyl (C=O) groups excluding carboxylic acids is 1. The van der Waals surface area contributed by atoms with E-state index in [0.29, 0.717) is 12.1 Å². The third kappa shape index (κ3) is 2.20. The van der Waals surface area contributed by atoms with Crippen LogP contribution >= 0.6 is 0 Å². The third-order valence-corrected chi connectivity index (χ3v) is 4.94. The minimum atomic E-state index is 0.100. The van der Waals surface area contributed by atoms with Crippen LogP contribution in [0.15, 0.2) is 18.2 Å². The Hall–Kier alpha value is -1.91. The lowest BCUT2D eigenvalue weighted by atomic mass is 9.98. The zero-order valence-corrected chi connectivity index (χ0v) is 12.4. The van der Waals surface area contributed by atoms with Crippen LogP contribution in [0.25, 0.3) is 0 Å². The molecule has 2 unspecified atom stereocenters. The summed E-state index contributed by atoms with van der Waals surface area (Å²) in [6.07, 6.45) is 2.35. The number of benzene rings is 1. The number of nitrogens with zero attached hydrogens (tertiary/aromatic N) is 2. The van der Waals surface area contributed by atoms with E-state index < -0.39 is 0 Å². The second-order valence-corrected chi connectivity index (χ2v) is 6.40. The number of nitrogens with one attached hydrogen (secondary N) is 2. The Labute approximate surface area is 125 Å². The molecule has 112 valence electrons. The number of hydrogen-bond acceptors (Lipinski definition) is 3. The van der Waals surface area contributed by atoms with Gasteiger partial charge in [-0.1, -0.05) is 0 Å². The maximum Gasteiger partial charge on any atom is 0.317 e. The number of piperazine rings is 1. The monoisotopic (exact) mass is 286 g/mol. The highest BCUT2D eigenvalue weighted by Crippen LogP contribution is 2.30. The second kappa shape index (κ2) is 4.83. The lowest BCUT2D eigenvalue weighted by molar-refractivity contribution is 0.197. The molecule has 0 spiro atoms. The molecular weight excluding hydrogens is 264 g/mol. The molecule has 0 aromatic heterocycles. The number of fused-ring (bicyclic) bond motifs is 2. The minimum absolute atomic E-state index is 0.100. The number of aryl methyl sites for hydroxylation is 1. The Bertz CT molecular complexity index is 573. The molecular formula is C16H22N4O. The van der Waals surface area contributed by atoms with E-state index in [0.717, 1.165) is 32.6 Å². The molecule has 21 heavy (non-hydrogen) atoms. The van der Waals surface area contributed by atoms with E-state index in [9.17, 15) is 4.79 Å². The SMILES string of the molecule is CC1CCc2cc(N3CCN4C(=O)NCC4C3)ccc2N1. The van der Waals surface area contributed by atoms with Crippen molar-refractivity contribution in [1.29, 1.82) is 0 Å². The number of hydrogen-bond donors (Lipinski definition) is 2. The van der Waals surface area contributed by atoms with Crippen molar-refractivity contribution in [2.75, 3.05) is 36.4 Å². The zero-order valence-electron chi connectivity index (χ0n) is 12.4. The van der Waals surface area contributed by atoms with Crippen LogP contribution in [0, 0.1) is 0 Å². The molecule has 0 bridgehead atoms. The topological polar surface area (TPSA) is 47.6 Å². The Kier molecular flexibility index (Phi) is 2.94. The van der Waals surface area contributed by atoms with E-state index >= 15 is 0 Å². The third-order valence-electron chi connectivity index (χ3n) is 4.94. The molecule has 0 aliphatic carbocycles. The summed E-state index contributed by atoms with van der Waals surface area (Å²) < 4.78 is 0. The minimum Gasteiger partial charge on any atom is -0.382 e. The molecule has 3 aliphatic heterocycles. The van der Waals surface area contributed by atoms with Crippen LogP contribution in [0.2, 0.25) is 0 Å². The van der Waals surface area contributed by atoms with Gasteiger partial charge in [-0.2, -0.15) is 0 Å². The molecule has 2 N–H and O–H groups in total. The highest BCUT2D eigenvalue weighted by Gasteiger charge is 2.35. The Morgan fingerprint density at radius 1 is 1.29 bits per heavy atom. The van der Waals surface area contributed by atoms with Crippen LogP contribution in [0.4, 0.5) is 16.2 Å². The van der Waals surface area contributed by atoms with Gasteiger partial charge >= 0.3 is 6.03 Å². The van der Waals surface area contributed by atoms with Crippen molar-refractivity contribution in [1.82, 2.24) is 10.2 Å². The number of anilines is 2. The van der Waals surface area contributed by atoms with Gasteiger partial charge in [0.05, 0.1) is 6.04 Å². The van der Waals surface area contributed by atoms with Gasteiger partial charge in [-0.3, -0.25) is 0 Å². The Morgan fingerprint density at radius 3 is 3.10 bits per heavy atom. The molecule has 0 radical (unpaired) electrons. The van der Waals surface area contributed by atoms with Crippen LogP contribution in [-0.2, 0) is 6.42 Å². The first-order valence-electron chi connectivity index (χ1n) is 7.89. The summed E-state index contributed by atoms with van der Waals surface area (Å²) in [4.78, 5) is 16.0. The van der Waals surface area contributed by atoms with Crippen molar-refractivity contribution < 1.29 is 4.79 Å². The van der Waals surface area contributed by atoms with Crippen molar-refractivity contribution in [3.8, 4) is 0 Å². The van der Waals surface area contributed by atoms with E-state index in [2.05, 4.69) is 40.7 Å². The summed E-state index contributed by atoms with van der Waals surface area (Å²) in [5, 5.41) is 6.49. The van der Waals surface area contributed by atoms with Gasteiger partial charge < -0.3 is 20.4 Å². The number of urea groups is 1. The lowest BCUT2D eigenvalue weighted by Crippen LogP contribution is -2.52. The van der Waals surface area contributed by atoms with Crippen LogP contribution in [0.5, 0.6) is 0 Å². The van der Waals surface area contributed by atoms with Crippen molar-refractivity contribution in [3.63, 3.8) is 0 Å². The zero-order chi connectivity index (χ0) is 14.4. The molecule has 3 aliphatic rings. The van der Waals surface area contributed by atoms with Crippen molar-refractivity contribution >= 4 is 17.4 Å². The maximum atomic E-state index is 11.7. The summed E-state index contributed by atoms with van der Waals surface area (Å²) in [7, 11) is 0. The molecule has 1 aromatic rings. The van der Waals surface area contributed by atoms with E-state index in [1.807, 2.05) is 4.90 Å². The van der Waals surface area contributed by atoms with E-state index in [1.54, 1.807) is 0 Å². The van der Waals surface area contributed by atoms with Crippen LogP contribution in [0.3, 0.4) is 0 Å². The van der Waals surface area contributed by atoms with Crippen molar-refractivity contribution in [2.45, 2.75) is 31.8 Å². The molecule has 2 atom stereocenters. The second-order valence-electron chi connectivity index (χ2n) is 6.40. The van der Waals surface area contributed by atoms with Crippen molar-refractivity contribution in [3.05, 3.63) is 23.8 Å². The first kappa shape index (κ1) is 12.8. The Morgan fingerprint density at radius 2 is 2.19 bits per heavy atom. The summed E-state index contributed by atoms with van der Waals surface area (Å²) in [6.45, 7) is 5.69. The summed E-state index contributed by atoms with van der Waals surface area (Å²) in [6, 6.07) is 7.74. The number of rotatable bonds is 1. The van der Waals surface area contributed by atoms with Gasteiger partial charge in [0, 0.05) is 43.6 Å². The molecule has 0 saturated carbocycles. The predicted octanol–water partition coefficient (Wildman–Crippen LogP) is 1.65. The van der Waals surface area contributed by atoms with Crippen LogP contribution < -0.4 is 15.5 Å². The maximum absolute atomic E-state index is 11.7. The van der Waals surface area contributed by atoms with Gasteiger partial charge in [-0.25, -0.2) is 4.79 Å². The van der Waals surface area contributed by atoms with E-state index in [-0.39, 0.29) is 6.03 Å². The molecule has 2 saturated heterocycles. The Balaban J connectivity index is 1.53. The molecule has 2 fully saturated rings. The molecule has 5 heteroatoms. The molecule has 3 heterocycles. The summed E-state index contributed by atoms with van der Waals surface area (Å²) >= 11 is 0. The van der Waals surface area contributed by atoms with Crippen LogP contribution in [0.1, 0.15) is 18.9 Å². The predicted molar refractivity (Wildman–Crippen MR) is 84.0 cm³/mol. The van der Waals surface area contributed by atoms with Gasteiger partial charge in [0.1, 0.15) is 0 Å². The van der Waals surface area contributed by atoms with Crippen LogP contribution in [-0.4, -0.2) is 49.2 Å². The van der Waals surface area contributed by atoms with E-state index in [1.165, 1.54) is 23.4 Å². The average Bonchev–Trinajstić information content (AvgIpc) is 2.87. The largest absolute Gasteiger partial charge is 0.382 e. The normalized spacial score (nSPS) is 27.8. The van der Waals surface area contributed by atoms with Gasteiger partial charge in [0.25, 0.3) is 0 Å². The smallest absolute Gasteiger partial charge is 0.317 e. The van der Waals surface area contributed by atoms with Gasteiger partial charge in [-0.05, 0) is 43.5 Å². The standard InChI is InChI=1S/C16H22N4O/c1-11-2-3-12-8-13(4-5-15(12)18-11)19-6-7-20-14(10-19)9-17-16(20)21/h4-5,8,11,14,18H,2-3,6-7,9-10H2,1H3,(H,17,21). The average molecular weight is 286 g/mol.